The lowest BCUT2D eigenvalue weighted by Gasteiger charge is -2.06. The molecule has 0 bridgehead atoms. The Kier molecular flexibility index (Phi) is 6.25. The standard InChI is InChI=1S/C19H19N3O2S2/c1-3-25-16-7-5-4-6-15(16)18(23)20-19-22-21-17(26-19)12-13-8-10-14(24-2)11-9-13/h4-11H,3,12H2,1-2H3,(H,20,22,23). The molecule has 1 N–H and O–H groups in total. The van der Waals surface area contributed by atoms with Crippen molar-refractivity contribution in [1.82, 2.24) is 10.2 Å². The molecule has 7 heteroatoms. The van der Waals surface area contributed by atoms with Gasteiger partial charge in [-0.3, -0.25) is 10.1 Å². The van der Waals surface area contributed by atoms with Gasteiger partial charge in [0.25, 0.3) is 5.91 Å². The number of hydrogen-bond donors (Lipinski definition) is 1. The summed E-state index contributed by atoms with van der Waals surface area (Å²) in [6.07, 6.45) is 0.666. The molecule has 0 atom stereocenters. The highest BCUT2D eigenvalue weighted by Crippen LogP contribution is 2.25. The third-order valence-corrected chi connectivity index (χ3v) is 5.43. The summed E-state index contributed by atoms with van der Waals surface area (Å²) >= 11 is 3.03. The Morgan fingerprint density at radius 3 is 2.65 bits per heavy atom. The van der Waals surface area contributed by atoms with Crippen LogP contribution in [0.5, 0.6) is 5.75 Å². The van der Waals surface area contributed by atoms with Crippen LogP contribution in [0.15, 0.2) is 53.4 Å². The Morgan fingerprint density at radius 1 is 1.15 bits per heavy atom. The lowest BCUT2D eigenvalue weighted by Crippen LogP contribution is -2.12. The maximum absolute atomic E-state index is 12.5. The molecule has 1 aromatic heterocycles. The van der Waals surface area contributed by atoms with E-state index in [4.69, 9.17) is 4.74 Å². The van der Waals surface area contributed by atoms with Gasteiger partial charge in [0.2, 0.25) is 5.13 Å². The third-order valence-electron chi connectivity index (χ3n) is 3.63. The van der Waals surface area contributed by atoms with Gasteiger partial charge < -0.3 is 4.74 Å². The van der Waals surface area contributed by atoms with Crippen molar-refractivity contribution < 1.29 is 9.53 Å². The first-order chi connectivity index (χ1) is 12.7. The lowest BCUT2D eigenvalue weighted by molar-refractivity contribution is 0.102. The van der Waals surface area contributed by atoms with E-state index in [1.165, 1.54) is 11.3 Å². The van der Waals surface area contributed by atoms with Gasteiger partial charge in [-0.15, -0.1) is 22.0 Å². The number of hydrogen-bond acceptors (Lipinski definition) is 6. The van der Waals surface area contributed by atoms with E-state index >= 15 is 0 Å². The highest BCUT2D eigenvalue weighted by Gasteiger charge is 2.14. The Labute approximate surface area is 160 Å². The van der Waals surface area contributed by atoms with Crippen LogP contribution in [0.4, 0.5) is 5.13 Å². The number of carbonyl (C=O) groups excluding carboxylic acids is 1. The molecule has 0 fully saturated rings. The molecule has 5 nitrogen and oxygen atoms in total. The van der Waals surface area contributed by atoms with Crippen molar-refractivity contribution in [3.63, 3.8) is 0 Å². The van der Waals surface area contributed by atoms with Crippen molar-refractivity contribution in [2.24, 2.45) is 0 Å². The zero-order valence-electron chi connectivity index (χ0n) is 14.6. The maximum Gasteiger partial charge on any atom is 0.258 e. The van der Waals surface area contributed by atoms with Gasteiger partial charge in [0, 0.05) is 11.3 Å². The summed E-state index contributed by atoms with van der Waals surface area (Å²) in [7, 11) is 1.64. The maximum atomic E-state index is 12.5. The van der Waals surface area contributed by atoms with Crippen molar-refractivity contribution in [1.29, 1.82) is 0 Å². The van der Waals surface area contributed by atoms with E-state index in [1.54, 1.807) is 18.9 Å². The van der Waals surface area contributed by atoms with Gasteiger partial charge >= 0.3 is 0 Å². The van der Waals surface area contributed by atoms with E-state index in [0.717, 1.165) is 27.0 Å². The number of rotatable bonds is 7. The number of benzene rings is 2. The van der Waals surface area contributed by atoms with E-state index in [2.05, 4.69) is 22.4 Å². The minimum atomic E-state index is -0.159. The van der Waals surface area contributed by atoms with Gasteiger partial charge in [0.15, 0.2) is 0 Å². The van der Waals surface area contributed by atoms with E-state index in [0.29, 0.717) is 17.1 Å². The predicted molar refractivity (Wildman–Crippen MR) is 107 cm³/mol. The molecule has 2 aromatic carbocycles. The fraction of sp³-hybridized carbons (Fsp3) is 0.211. The quantitative estimate of drug-likeness (QED) is 0.607. The molecule has 0 unspecified atom stereocenters. The van der Waals surface area contributed by atoms with Gasteiger partial charge in [0.1, 0.15) is 10.8 Å². The largest absolute Gasteiger partial charge is 0.497 e. The first kappa shape index (κ1) is 18.4. The second-order valence-corrected chi connectivity index (χ2v) is 7.78. The van der Waals surface area contributed by atoms with Crippen LogP contribution >= 0.6 is 23.1 Å². The number of nitrogens with zero attached hydrogens (tertiary/aromatic N) is 2. The number of ether oxygens (including phenoxy) is 1. The molecule has 0 aliphatic heterocycles. The number of aromatic nitrogens is 2. The van der Waals surface area contributed by atoms with E-state index in [1.807, 2.05) is 48.5 Å². The molecule has 1 amide bonds. The molecule has 26 heavy (non-hydrogen) atoms. The van der Waals surface area contributed by atoms with Crippen LogP contribution in [0.2, 0.25) is 0 Å². The van der Waals surface area contributed by atoms with Gasteiger partial charge in [-0.2, -0.15) is 0 Å². The summed E-state index contributed by atoms with van der Waals surface area (Å²) in [6.45, 7) is 2.07. The van der Waals surface area contributed by atoms with Gasteiger partial charge in [-0.25, -0.2) is 0 Å². The number of amides is 1. The molecule has 134 valence electrons. The smallest absolute Gasteiger partial charge is 0.258 e. The Balaban J connectivity index is 1.67. The molecule has 0 saturated heterocycles. The highest BCUT2D eigenvalue weighted by atomic mass is 32.2. The lowest BCUT2D eigenvalue weighted by atomic mass is 10.1. The van der Waals surface area contributed by atoms with Crippen LogP contribution in [0, 0.1) is 0 Å². The van der Waals surface area contributed by atoms with Crippen molar-refractivity contribution in [3.05, 3.63) is 64.7 Å². The monoisotopic (exact) mass is 385 g/mol. The normalized spacial score (nSPS) is 10.5. The first-order valence-electron chi connectivity index (χ1n) is 8.18. The Bertz CT molecular complexity index is 879. The first-order valence-corrected chi connectivity index (χ1v) is 9.98. The Morgan fingerprint density at radius 2 is 1.92 bits per heavy atom. The SMILES string of the molecule is CCSc1ccccc1C(=O)Nc1nnc(Cc2ccc(OC)cc2)s1. The molecule has 3 rings (SSSR count). The minimum Gasteiger partial charge on any atom is -0.497 e. The van der Waals surface area contributed by atoms with Crippen molar-refractivity contribution in [3.8, 4) is 5.75 Å². The third kappa shape index (κ3) is 4.62. The average Bonchev–Trinajstić information content (AvgIpc) is 3.10. The summed E-state index contributed by atoms with van der Waals surface area (Å²) in [5, 5.41) is 12.5. The summed E-state index contributed by atoms with van der Waals surface area (Å²) in [4.78, 5) is 13.5. The average molecular weight is 386 g/mol. The number of anilines is 1. The van der Waals surface area contributed by atoms with E-state index < -0.39 is 0 Å². The molecule has 0 aliphatic carbocycles. The highest BCUT2D eigenvalue weighted by molar-refractivity contribution is 7.99. The van der Waals surface area contributed by atoms with Crippen LogP contribution in [0.3, 0.4) is 0 Å². The number of nitrogens with one attached hydrogen (secondary N) is 1. The number of methoxy groups -OCH3 is 1. The zero-order valence-corrected chi connectivity index (χ0v) is 16.2. The second kappa shape index (κ2) is 8.82. The van der Waals surface area contributed by atoms with Crippen LogP contribution in [0.25, 0.3) is 0 Å². The van der Waals surface area contributed by atoms with Crippen LogP contribution in [0.1, 0.15) is 27.9 Å². The number of thioether (sulfide) groups is 1. The molecule has 0 aliphatic rings. The summed E-state index contributed by atoms with van der Waals surface area (Å²) in [5.41, 5.74) is 1.77. The van der Waals surface area contributed by atoms with E-state index in [-0.39, 0.29) is 5.91 Å². The van der Waals surface area contributed by atoms with Crippen molar-refractivity contribution in [2.75, 3.05) is 18.2 Å². The fourth-order valence-corrected chi connectivity index (χ4v) is 3.96. The molecule has 0 spiro atoms. The molecular weight excluding hydrogens is 366 g/mol. The van der Waals surface area contributed by atoms with Gasteiger partial charge in [-0.1, -0.05) is 42.5 Å². The summed E-state index contributed by atoms with van der Waals surface area (Å²) < 4.78 is 5.16. The predicted octanol–water partition coefficient (Wildman–Crippen LogP) is 4.50. The van der Waals surface area contributed by atoms with E-state index in [9.17, 15) is 4.79 Å². The van der Waals surface area contributed by atoms with Crippen molar-refractivity contribution in [2.45, 2.75) is 18.2 Å². The van der Waals surface area contributed by atoms with Gasteiger partial charge in [0.05, 0.1) is 12.7 Å². The zero-order chi connectivity index (χ0) is 18.4. The molecule has 0 radical (unpaired) electrons. The molecule has 1 heterocycles. The Hall–Kier alpha value is -2.38. The fourth-order valence-electron chi connectivity index (χ4n) is 2.39. The summed E-state index contributed by atoms with van der Waals surface area (Å²) in [5.74, 6) is 1.58. The van der Waals surface area contributed by atoms with Crippen LogP contribution < -0.4 is 10.1 Å². The molecule has 0 saturated carbocycles. The van der Waals surface area contributed by atoms with Crippen LogP contribution in [-0.4, -0.2) is 29.0 Å². The number of carbonyl (C=O) groups is 1. The minimum absolute atomic E-state index is 0.159. The molecular formula is C19H19N3O2S2. The van der Waals surface area contributed by atoms with Crippen LogP contribution in [-0.2, 0) is 6.42 Å². The molecule has 3 aromatic rings. The second-order valence-electron chi connectivity index (χ2n) is 5.41. The topological polar surface area (TPSA) is 64.1 Å². The van der Waals surface area contributed by atoms with Gasteiger partial charge in [-0.05, 0) is 35.6 Å². The van der Waals surface area contributed by atoms with Crippen molar-refractivity contribution >= 4 is 34.1 Å². The summed E-state index contributed by atoms with van der Waals surface area (Å²) in [6, 6.07) is 15.4.